The van der Waals surface area contributed by atoms with E-state index in [1.807, 2.05) is 11.8 Å². The molecule has 1 aliphatic rings. The Hall–Kier alpha value is -1.00. The van der Waals surface area contributed by atoms with E-state index in [0.29, 0.717) is 19.0 Å². The van der Waals surface area contributed by atoms with Crippen LogP contribution < -0.4 is 5.73 Å². The molecule has 106 valence electrons. The second-order valence-corrected chi connectivity index (χ2v) is 5.53. The van der Waals surface area contributed by atoms with E-state index in [1.54, 1.807) is 18.2 Å². The van der Waals surface area contributed by atoms with Gasteiger partial charge in [0.05, 0.1) is 6.54 Å². The first-order chi connectivity index (χ1) is 9.03. The maximum Gasteiger partial charge on any atom is 0.285 e. The lowest BCUT2D eigenvalue weighted by Gasteiger charge is -2.39. The Labute approximate surface area is 113 Å². The summed E-state index contributed by atoms with van der Waals surface area (Å²) < 4.78 is 28.5. The van der Waals surface area contributed by atoms with E-state index < -0.39 is 5.92 Å². The molecule has 2 N–H and O–H groups in total. The van der Waals surface area contributed by atoms with Gasteiger partial charge in [-0.05, 0) is 32.2 Å². The summed E-state index contributed by atoms with van der Waals surface area (Å²) in [5.74, 6) is -2.45. The second kappa shape index (κ2) is 5.97. The summed E-state index contributed by atoms with van der Waals surface area (Å²) in [5, 5.41) is 0. The van der Waals surface area contributed by atoms with Gasteiger partial charge in [0.25, 0.3) is 5.92 Å². The maximum atomic E-state index is 14.3. The Bertz CT molecular complexity index is 394. The predicted molar refractivity (Wildman–Crippen MR) is 73.1 cm³/mol. The second-order valence-electron chi connectivity index (χ2n) is 5.53. The minimum atomic E-state index is -2.80. The van der Waals surface area contributed by atoms with Gasteiger partial charge in [0.15, 0.2) is 0 Å². The predicted octanol–water partition coefficient (Wildman–Crippen LogP) is 2.84. The SMILES string of the molecule is CC1CCC(CN)CN1CC(F)(F)c1ccccc1. The van der Waals surface area contributed by atoms with Crippen molar-refractivity contribution in [3.8, 4) is 0 Å². The molecule has 0 aromatic heterocycles. The minimum absolute atomic E-state index is 0.0945. The zero-order chi connectivity index (χ0) is 13.9. The van der Waals surface area contributed by atoms with Crippen molar-refractivity contribution >= 4 is 0 Å². The zero-order valence-corrected chi connectivity index (χ0v) is 11.4. The van der Waals surface area contributed by atoms with Crippen LogP contribution in [0.2, 0.25) is 0 Å². The van der Waals surface area contributed by atoms with Gasteiger partial charge in [-0.1, -0.05) is 30.3 Å². The molecule has 1 aromatic carbocycles. The van der Waals surface area contributed by atoms with Gasteiger partial charge < -0.3 is 5.73 Å². The van der Waals surface area contributed by atoms with Gasteiger partial charge in [-0.25, -0.2) is 0 Å². The number of likely N-dealkylation sites (tertiary alicyclic amines) is 1. The smallest absolute Gasteiger partial charge is 0.285 e. The van der Waals surface area contributed by atoms with Gasteiger partial charge in [0, 0.05) is 18.2 Å². The Morgan fingerprint density at radius 1 is 1.26 bits per heavy atom. The Balaban J connectivity index is 2.06. The molecule has 2 unspecified atom stereocenters. The van der Waals surface area contributed by atoms with Gasteiger partial charge in [0.2, 0.25) is 0 Å². The fourth-order valence-corrected chi connectivity index (χ4v) is 2.70. The number of nitrogens with zero attached hydrogens (tertiary/aromatic N) is 1. The number of nitrogens with two attached hydrogens (primary N) is 1. The molecule has 1 aliphatic heterocycles. The summed E-state index contributed by atoms with van der Waals surface area (Å²) >= 11 is 0. The van der Waals surface area contributed by atoms with E-state index in [2.05, 4.69) is 0 Å². The van der Waals surface area contributed by atoms with Crippen molar-refractivity contribution in [2.24, 2.45) is 11.7 Å². The highest BCUT2D eigenvalue weighted by Crippen LogP contribution is 2.32. The minimum Gasteiger partial charge on any atom is -0.330 e. The van der Waals surface area contributed by atoms with Crippen molar-refractivity contribution in [3.63, 3.8) is 0 Å². The fraction of sp³-hybridized carbons (Fsp3) is 0.600. The quantitative estimate of drug-likeness (QED) is 0.910. The molecular weight excluding hydrogens is 246 g/mol. The van der Waals surface area contributed by atoms with Crippen LogP contribution in [0.4, 0.5) is 8.78 Å². The average molecular weight is 268 g/mol. The van der Waals surface area contributed by atoms with E-state index in [9.17, 15) is 8.78 Å². The van der Waals surface area contributed by atoms with Crippen molar-refractivity contribution in [1.29, 1.82) is 0 Å². The normalized spacial score (nSPS) is 25.5. The summed E-state index contributed by atoms with van der Waals surface area (Å²) in [6.45, 7) is 3.07. The molecule has 0 radical (unpaired) electrons. The van der Waals surface area contributed by atoms with Crippen LogP contribution in [0, 0.1) is 5.92 Å². The van der Waals surface area contributed by atoms with Crippen LogP contribution in [0.5, 0.6) is 0 Å². The van der Waals surface area contributed by atoms with Crippen molar-refractivity contribution < 1.29 is 8.78 Å². The summed E-state index contributed by atoms with van der Waals surface area (Å²) in [4.78, 5) is 1.88. The first kappa shape index (κ1) is 14.4. The first-order valence-electron chi connectivity index (χ1n) is 6.90. The molecule has 2 rings (SSSR count). The third-order valence-electron chi connectivity index (χ3n) is 4.04. The Morgan fingerprint density at radius 3 is 2.58 bits per heavy atom. The molecule has 1 aromatic rings. The van der Waals surface area contributed by atoms with Crippen LogP contribution in [0.1, 0.15) is 25.3 Å². The topological polar surface area (TPSA) is 29.3 Å². The lowest BCUT2D eigenvalue weighted by atomic mass is 9.93. The molecule has 1 fully saturated rings. The number of benzene rings is 1. The standard InChI is InChI=1S/C15H22F2N2/c1-12-7-8-13(9-18)10-19(12)11-15(16,17)14-5-3-2-4-6-14/h2-6,12-13H,7-11,18H2,1H3. The van der Waals surface area contributed by atoms with E-state index >= 15 is 0 Å². The van der Waals surface area contributed by atoms with Crippen LogP contribution in [0.25, 0.3) is 0 Å². The van der Waals surface area contributed by atoms with E-state index in [1.165, 1.54) is 12.1 Å². The molecule has 2 nitrogen and oxygen atoms in total. The molecule has 19 heavy (non-hydrogen) atoms. The Kier molecular flexibility index (Phi) is 4.53. The van der Waals surface area contributed by atoms with Crippen LogP contribution in [-0.2, 0) is 5.92 Å². The van der Waals surface area contributed by atoms with Crippen LogP contribution >= 0.6 is 0 Å². The van der Waals surface area contributed by atoms with Gasteiger partial charge in [-0.2, -0.15) is 8.78 Å². The lowest BCUT2D eigenvalue weighted by molar-refractivity contribution is -0.0577. The van der Waals surface area contributed by atoms with Crippen molar-refractivity contribution in [1.82, 2.24) is 4.90 Å². The molecule has 1 heterocycles. The third-order valence-corrected chi connectivity index (χ3v) is 4.04. The molecule has 0 saturated carbocycles. The van der Waals surface area contributed by atoms with Gasteiger partial charge in [-0.3, -0.25) is 4.90 Å². The van der Waals surface area contributed by atoms with E-state index in [0.717, 1.165) is 12.8 Å². The molecule has 4 heteroatoms. The highest BCUT2D eigenvalue weighted by Gasteiger charge is 2.37. The molecule has 0 amide bonds. The highest BCUT2D eigenvalue weighted by molar-refractivity contribution is 5.20. The van der Waals surface area contributed by atoms with Crippen LogP contribution in [0.15, 0.2) is 30.3 Å². The summed E-state index contributed by atoms with van der Waals surface area (Å²) in [5.41, 5.74) is 5.77. The third kappa shape index (κ3) is 3.51. The molecule has 0 spiro atoms. The molecule has 0 aliphatic carbocycles. The number of piperidine rings is 1. The largest absolute Gasteiger partial charge is 0.330 e. The fourth-order valence-electron chi connectivity index (χ4n) is 2.70. The average Bonchev–Trinajstić information content (AvgIpc) is 2.42. The highest BCUT2D eigenvalue weighted by atomic mass is 19.3. The number of halogens is 2. The monoisotopic (exact) mass is 268 g/mol. The van der Waals surface area contributed by atoms with Crippen LogP contribution in [-0.4, -0.2) is 30.6 Å². The number of hydrogen-bond donors (Lipinski definition) is 1. The molecule has 0 bridgehead atoms. The van der Waals surface area contributed by atoms with Crippen molar-refractivity contribution in [2.45, 2.75) is 31.7 Å². The lowest BCUT2D eigenvalue weighted by Crippen LogP contribution is -2.48. The maximum absolute atomic E-state index is 14.3. The summed E-state index contributed by atoms with van der Waals surface area (Å²) in [7, 11) is 0. The van der Waals surface area contributed by atoms with Gasteiger partial charge in [0.1, 0.15) is 0 Å². The van der Waals surface area contributed by atoms with Crippen molar-refractivity contribution in [2.75, 3.05) is 19.6 Å². The zero-order valence-electron chi connectivity index (χ0n) is 11.4. The van der Waals surface area contributed by atoms with Gasteiger partial charge in [-0.15, -0.1) is 0 Å². The molecule has 2 atom stereocenters. The number of alkyl halides is 2. The summed E-state index contributed by atoms with van der Waals surface area (Å²) in [6.07, 6.45) is 2.00. The molecule has 1 saturated heterocycles. The van der Waals surface area contributed by atoms with Crippen molar-refractivity contribution in [3.05, 3.63) is 35.9 Å². The Morgan fingerprint density at radius 2 is 1.95 bits per heavy atom. The summed E-state index contributed by atoms with van der Waals surface area (Å²) in [6, 6.07) is 8.27. The van der Waals surface area contributed by atoms with Gasteiger partial charge >= 0.3 is 0 Å². The first-order valence-corrected chi connectivity index (χ1v) is 6.90. The van der Waals surface area contributed by atoms with E-state index in [4.69, 9.17) is 5.73 Å². The van der Waals surface area contributed by atoms with Crippen LogP contribution in [0.3, 0.4) is 0 Å². The molecular formula is C15H22F2N2. The number of rotatable bonds is 4. The number of hydrogen-bond acceptors (Lipinski definition) is 2. The van der Waals surface area contributed by atoms with E-state index in [-0.39, 0.29) is 18.2 Å².